The quantitative estimate of drug-likeness (QED) is 0.504. The number of anilines is 1. The average Bonchev–Trinajstić information content (AvgIpc) is 2.94. The molecule has 3 rings (SSSR count). The summed E-state index contributed by atoms with van der Waals surface area (Å²) in [6.45, 7) is 0. The van der Waals surface area contributed by atoms with Gasteiger partial charge in [-0.1, -0.05) is 23.1 Å². The summed E-state index contributed by atoms with van der Waals surface area (Å²) in [5.74, 6) is -2.64. The minimum atomic E-state index is -4.47. The number of thioether (sulfide) groups is 1. The third-order valence-corrected chi connectivity index (χ3v) is 4.97. The maximum Gasteiger partial charge on any atom is 0.417 e. The Kier molecular flexibility index (Phi) is 5.10. The van der Waals surface area contributed by atoms with Gasteiger partial charge in [-0.2, -0.15) is 13.2 Å². The van der Waals surface area contributed by atoms with E-state index in [2.05, 4.69) is 15.3 Å². The predicted octanol–water partition coefficient (Wildman–Crippen LogP) is 4.72. The highest BCUT2D eigenvalue weighted by atomic mass is 32.2. The molecule has 0 bridgehead atoms. The monoisotopic (exact) mass is 405 g/mol. The molecule has 3 aromatic rings. The van der Waals surface area contributed by atoms with E-state index in [0.29, 0.717) is 10.9 Å². The zero-order valence-corrected chi connectivity index (χ0v) is 14.2. The lowest BCUT2D eigenvalue weighted by atomic mass is 10.3. The fourth-order valence-corrected chi connectivity index (χ4v) is 3.44. The van der Waals surface area contributed by atoms with E-state index in [1.165, 1.54) is 6.07 Å². The minimum absolute atomic E-state index is 0.114. The van der Waals surface area contributed by atoms with Gasteiger partial charge >= 0.3 is 6.18 Å². The van der Waals surface area contributed by atoms with Crippen LogP contribution in [-0.4, -0.2) is 21.6 Å². The first-order chi connectivity index (χ1) is 12.2. The number of hydrogen-bond acceptors (Lipinski definition) is 5. The van der Waals surface area contributed by atoms with Crippen LogP contribution in [0.25, 0.3) is 10.2 Å². The Labute approximate surface area is 151 Å². The van der Waals surface area contributed by atoms with Gasteiger partial charge in [0.15, 0.2) is 16.8 Å². The summed E-state index contributed by atoms with van der Waals surface area (Å²) in [6, 6.07) is 3.96. The molecule has 0 spiro atoms. The van der Waals surface area contributed by atoms with Gasteiger partial charge in [-0.3, -0.25) is 4.79 Å². The van der Waals surface area contributed by atoms with Gasteiger partial charge in [0.2, 0.25) is 5.91 Å². The molecule has 1 N–H and O–H groups in total. The third-order valence-electron chi connectivity index (χ3n) is 3.09. The first-order valence-electron chi connectivity index (χ1n) is 6.94. The lowest BCUT2D eigenvalue weighted by molar-refractivity contribution is -0.137. The molecule has 0 aliphatic carbocycles. The second-order valence-electron chi connectivity index (χ2n) is 4.97. The van der Waals surface area contributed by atoms with Crippen molar-refractivity contribution < 1.29 is 26.7 Å². The van der Waals surface area contributed by atoms with E-state index in [1.807, 2.05) is 0 Å². The van der Waals surface area contributed by atoms with Crippen LogP contribution in [0.1, 0.15) is 5.56 Å². The topological polar surface area (TPSA) is 54.9 Å². The number of hydrogen-bond donors (Lipinski definition) is 1. The van der Waals surface area contributed by atoms with Gasteiger partial charge in [-0.15, -0.1) is 0 Å². The van der Waals surface area contributed by atoms with E-state index < -0.39 is 29.3 Å². The normalized spacial score (nSPS) is 11.7. The SMILES string of the molecule is O=C(CSc1ccc(C(F)(F)F)cn1)Nc1nc2cc(F)c(F)cc2s1. The van der Waals surface area contributed by atoms with Crippen LogP contribution < -0.4 is 5.32 Å². The number of thiazole rings is 1. The van der Waals surface area contributed by atoms with Crippen molar-refractivity contribution in [2.75, 3.05) is 11.1 Å². The van der Waals surface area contributed by atoms with Crippen molar-refractivity contribution >= 4 is 44.4 Å². The molecule has 0 saturated carbocycles. The van der Waals surface area contributed by atoms with Crippen molar-refractivity contribution in [3.8, 4) is 0 Å². The number of pyridine rings is 1. The fourth-order valence-electron chi connectivity index (χ4n) is 1.91. The van der Waals surface area contributed by atoms with Crippen LogP contribution >= 0.6 is 23.1 Å². The first-order valence-corrected chi connectivity index (χ1v) is 8.74. The highest BCUT2D eigenvalue weighted by Gasteiger charge is 2.30. The number of halogens is 5. The maximum atomic E-state index is 13.2. The van der Waals surface area contributed by atoms with Crippen LogP contribution in [0.4, 0.5) is 27.1 Å². The Morgan fingerprint density at radius 2 is 1.92 bits per heavy atom. The van der Waals surface area contributed by atoms with Crippen molar-refractivity contribution in [1.82, 2.24) is 9.97 Å². The first kappa shape index (κ1) is 18.5. The molecule has 0 aliphatic rings. The van der Waals surface area contributed by atoms with Gasteiger partial charge in [0.1, 0.15) is 0 Å². The van der Waals surface area contributed by atoms with Gasteiger partial charge < -0.3 is 5.32 Å². The lowest BCUT2D eigenvalue weighted by Crippen LogP contribution is -2.14. The van der Waals surface area contributed by atoms with Crippen LogP contribution in [0.3, 0.4) is 0 Å². The van der Waals surface area contributed by atoms with Crippen LogP contribution in [0.2, 0.25) is 0 Å². The highest BCUT2D eigenvalue weighted by molar-refractivity contribution is 7.99. The van der Waals surface area contributed by atoms with Gasteiger partial charge in [0.05, 0.1) is 26.6 Å². The summed E-state index contributed by atoms with van der Waals surface area (Å²) >= 11 is 1.92. The van der Waals surface area contributed by atoms with Crippen LogP contribution in [-0.2, 0) is 11.0 Å². The standard InChI is InChI=1S/C15H8F5N3OS2/c16-8-3-10-11(4-9(8)17)26-14(22-10)23-12(24)6-25-13-2-1-7(5-21-13)15(18,19)20/h1-5H,6H2,(H,22,23,24). The zero-order valence-electron chi connectivity index (χ0n) is 12.6. The van der Waals surface area contributed by atoms with E-state index in [-0.39, 0.29) is 21.4 Å². The summed E-state index contributed by atoms with van der Waals surface area (Å²) in [5.41, 5.74) is -0.665. The molecule has 11 heteroatoms. The van der Waals surface area contributed by atoms with Gasteiger partial charge in [-0.05, 0) is 18.2 Å². The van der Waals surface area contributed by atoms with Crippen LogP contribution in [0, 0.1) is 11.6 Å². The van der Waals surface area contributed by atoms with Crippen molar-refractivity contribution in [3.05, 3.63) is 47.7 Å². The summed E-state index contributed by atoms with van der Waals surface area (Å²) in [6.07, 6.45) is -3.78. The molecule has 1 aromatic carbocycles. The molecule has 136 valence electrons. The smallest absolute Gasteiger partial charge is 0.301 e. The van der Waals surface area contributed by atoms with Crippen LogP contribution in [0.5, 0.6) is 0 Å². The Hall–Kier alpha value is -2.27. The summed E-state index contributed by atoms with van der Waals surface area (Å²) in [4.78, 5) is 19.5. The van der Waals surface area contributed by atoms with E-state index in [9.17, 15) is 26.7 Å². The van der Waals surface area contributed by atoms with E-state index in [1.54, 1.807) is 0 Å². The Morgan fingerprint density at radius 1 is 1.19 bits per heavy atom. The minimum Gasteiger partial charge on any atom is -0.301 e. The molecule has 26 heavy (non-hydrogen) atoms. The molecule has 0 unspecified atom stereocenters. The molecule has 0 radical (unpaired) electrons. The number of benzene rings is 1. The molecular weight excluding hydrogens is 397 g/mol. The summed E-state index contributed by atoms with van der Waals surface area (Å²) < 4.78 is 64.0. The molecule has 0 aliphatic heterocycles. The number of carbonyl (C=O) groups is 1. The van der Waals surface area contributed by atoms with Gasteiger partial charge in [0.25, 0.3) is 0 Å². The number of aromatic nitrogens is 2. The third kappa shape index (κ3) is 4.28. The number of alkyl halides is 3. The number of rotatable bonds is 4. The Bertz CT molecular complexity index is 917. The molecule has 2 aromatic heterocycles. The van der Waals surface area contributed by atoms with Crippen molar-refractivity contribution in [2.45, 2.75) is 11.2 Å². The molecule has 0 atom stereocenters. The molecular formula is C15H8F5N3OS2. The number of amides is 1. The second kappa shape index (κ2) is 7.16. The Morgan fingerprint density at radius 3 is 2.58 bits per heavy atom. The molecule has 4 nitrogen and oxygen atoms in total. The van der Waals surface area contributed by atoms with Crippen LogP contribution in [0.15, 0.2) is 35.5 Å². The molecule has 2 heterocycles. The molecule has 0 saturated heterocycles. The number of nitrogens with one attached hydrogen (secondary N) is 1. The lowest BCUT2D eigenvalue weighted by Gasteiger charge is -2.06. The fraction of sp³-hybridized carbons (Fsp3) is 0.133. The van der Waals surface area contributed by atoms with Gasteiger partial charge in [-0.25, -0.2) is 18.7 Å². The molecule has 0 fully saturated rings. The second-order valence-corrected chi connectivity index (χ2v) is 7.00. The van der Waals surface area contributed by atoms with Crippen molar-refractivity contribution in [2.24, 2.45) is 0 Å². The Balaban J connectivity index is 1.60. The van der Waals surface area contributed by atoms with Gasteiger partial charge in [0, 0.05) is 12.3 Å². The zero-order chi connectivity index (χ0) is 18.9. The van der Waals surface area contributed by atoms with E-state index in [4.69, 9.17) is 0 Å². The predicted molar refractivity (Wildman–Crippen MR) is 88.1 cm³/mol. The van der Waals surface area contributed by atoms with E-state index in [0.717, 1.165) is 41.3 Å². The number of nitrogens with zero attached hydrogens (tertiary/aromatic N) is 2. The maximum absolute atomic E-state index is 13.2. The molecule has 1 amide bonds. The van der Waals surface area contributed by atoms with Crippen molar-refractivity contribution in [1.29, 1.82) is 0 Å². The average molecular weight is 405 g/mol. The summed E-state index contributed by atoms with van der Waals surface area (Å²) in [7, 11) is 0. The summed E-state index contributed by atoms with van der Waals surface area (Å²) in [5, 5.41) is 2.89. The van der Waals surface area contributed by atoms with E-state index >= 15 is 0 Å². The number of fused-ring (bicyclic) bond motifs is 1. The largest absolute Gasteiger partial charge is 0.417 e. The van der Waals surface area contributed by atoms with Crippen molar-refractivity contribution in [3.63, 3.8) is 0 Å². The highest BCUT2D eigenvalue weighted by Crippen LogP contribution is 2.30. The number of carbonyl (C=O) groups excluding carboxylic acids is 1.